The van der Waals surface area contributed by atoms with Crippen LogP contribution in [0.3, 0.4) is 0 Å². The second kappa shape index (κ2) is 3.98. The molecule has 6 heteroatoms. The SMILES string of the molecule is COP(=O)([O-])OCCO. The molecule has 0 aliphatic carbocycles. The van der Waals surface area contributed by atoms with Crippen LogP contribution in [0.2, 0.25) is 0 Å². The second-order valence-corrected chi connectivity index (χ2v) is 2.70. The molecule has 56 valence electrons. The molecule has 0 saturated carbocycles. The minimum atomic E-state index is -4.10. The average Bonchev–Trinajstić information content (AvgIpc) is 1.84. The molecule has 0 heterocycles. The molecule has 0 bridgehead atoms. The number of hydrogen-bond acceptors (Lipinski definition) is 5. The maximum absolute atomic E-state index is 10.2. The van der Waals surface area contributed by atoms with Crippen LogP contribution < -0.4 is 4.89 Å². The van der Waals surface area contributed by atoms with Crippen LogP contribution >= 0.6 is 7.82 Å². The van der Waals surface area contributed by atoms with Gasteiger partial charge in [0.2, 0.25) is 0 Å². The molecule has 5 nitrogen and oxygen atoms in total. The Morgan fingerprint density at radius 1 is 1.78 bits per heavy atom. The third-order valence-electron chi connectivity index (χ3n) is 0.564. The fraction of sp³-hybridized carbons (Fsp3) is 1.00. The van der Waals surface area contributed by atoms with Gasteiger partial charge in [0, 0.05) is 7.11 Å². The maximum atomic E-state index is 10.2. The Morgan fingerprint density at radius 3 is 2.67 bits per heavy atom. The number of aliphatic hydroxyl groups is 1. The summed E-state index contributed by atoms with van der Waals surface area (Å²) in [7, 11) is -3.11. The third-order valence-corrected chi connectivity index (χ3v) is 1.51. The first-order chi connectivity index (χ1) is 4.12. The van der Waals surface area contributed by atoms with Crippen LogP contribution in [-0.2, 0) is 13.6 Å². The van der Waals surface area contributed by atoms with Crippen molar-refractivity contribution in [3.8, 4) is 0 Å². The Balaban J connectivity index is 3.46. The molecule has 1 unspecified atom stereocenters. The van der Waals surface area contributed by atoms with Crippen LogP contribution in [-0.4, -0.2) is 25.4 Å². The van der Waals surface area contributed by atoms with E-state index in [-0.39, 0.29) is 13.2 Å². The lowest BCUT2D eigenvalue weighted by Gasteiger charge is -2.18. The maximum Gasteiger partial charge on any atom is 0.267 e. The van der Waals surface area contributed by atoms with E-state index in [1.807, 2.05) is 0 Å². The van der Waals surface area contributed by atoms with Crippen molar-refractivity contribution >= 4 is 7.82 Å². The fourth-order valence-corrected chi connectivity index (χ4v) is 0.616. The molecule has 0 aliphatic heterocycles. The summed E-state index contributed by atoms with van der Waals surface area (Å²) < 4.78 is 18.2. The van der Waals surface area contributed by atoms with Gasteiger partial charge in [-0.1, -0.05) is 0 Å². The van der Waals surface area contributed by atoms with Crippen LogP contribution in [0, 0.1) is 0 Å². The predicted molar refractivity (Wildman–Crippen MR) is 27.7 cm³/mol. The molecule has 1 atom stereocenters. The lowest BCUT2D eigenvalue weighted by Crippen LogP contribution is -2.08. The van der Waals surface area contributed by atoms with Crippen molar-refractivity contribution in [2.24, 2.45) is 0 Å². The highest BCUT2D eigenvalue weighted by atomic mass is 31.2. The summed E-state index contributed by atoms with van der Waals surface area (Å²) in [6.45, 7) is -0.593. The van der Waals surface area contributed by atoms with E-state index >= 15 is 0 Å². The third kappa shape index (κ3) is 4.57. The van der Waals surface area contributed by atoms with Gasteiger partial charge in [-0.3, -0.25) is 4.57 Å². The standard InChI is InChI=1S/C3H9O5P/c1-7-9(5,6)8-3-2-4/h4H,2-3H2,1H3,(H,5,6)/p-1. The Kier molecular flexibility index (Phi) is 4.01. The largest absolute Gasteiger partial charge is 0.756 e. The first-order valence-corrected chi connectivity index (χ1v) is 3.70. The molecule has 0 aliphatic rings. The molecular formula is C3H8O5P-. The van der Waals surface area contributed by atoms with E-state index in [9.17, 15) is 9.46 Å². The van der Waals surface area contributed by atoms with E-state index in [2.05, 4.69) is 9.05 Å². The smallest absolute Gasteiger partial charge is 0.267 e. The molecule has 0 fully saturated rings. The van der Waals surface area contributed by atoms with E-state index < -0.39 is 7.82 Å². The molecule has 0 rings (SSSR count). The number of aliphatic hydroxyl groups excluding tert-OH is 1. The van der Waals surface area contributed by atoms with Gasteiger partial charge in [0.25, 0.3) is 7.82 Å². The Hall–Kier alpha value is 0.0700. The van der Waals surface area contributed by atoms with Crippen LogP contribution in [0.25, 0.3) is 0 Å². The van der Waals surface area contributed by atoms with Crippen LogP contribution in [0.5, 0.6) is 0 Å². The highest BCUT2D eigenvalue weighted by molar-refractivity contribution is 7.45. The van der Waals surface area contributed by atoms with E-state index in [4.69, 9.17) is 5.11 Å². The summed E-state index contributed by atoms with van der Waals surface area (Å²) in [5, 5.41) is 8.08. The number of hydrogen-bond donors (Lipinski definition) is 1. The highest BCUT2D eigenvalue weighted by Crippen LogP contribution is 2.36. The van der Waals surface area contributed by atoms with E-state index in [0.29, 0.717) is 0 Å². The van der Waals surface area contributed by atoms with Crippen molar-refractivity contribution in [2.75, 3.05) is 20.3 Å². The van der Waals surface area contributed by atoms with Gasteiger partial charge in [0.05, 0.1) is 13.2 Å². The molecule has 0 saturated heterocycles. The topological polar surface area (TPSA) is 78.8 Å². The van der Waals surface area contributed by atoms with Gasteiger partial charge < -0.3 is 19.0 Å². The first kappa shape index (κ1) is 9.07. The Morgan fingerprint density at radius 2 is 2.33 bits per heavy atom. The van der Waals surface area contributed by atoms with Gasteiger partial charge in [-0.15, -0.1) is 0 Å². The molecule has 0 aromatic rings. The zero-order chi connectivity index (χ0) is 7.33. The Labute approximate surface area is 52.8 Å². The van der Waals surface area contributed by atoms with E-state index in [1.165, 1.54) is 0 Å². The van der Waals surface area contributed by atoms with Gasteiger partial charge in [0.1, 0.15) is 0 Å². The van der Waals surface area contributed by atoms with Crippen molar-refractivity contribution in [3.63, 3.8) is 0 Å². The summed E-state index contributed by atoms with van der Waals surface area (Å²) in [5.41, 5.74) is 0. The predicted octanol–water partition coefficient (Wildman–Crippen LogP) is -0.890. The van der Waals surface area contributed by atoms with Crippen LogP contribution in [0.15, 0.2) is 0 Å². The summed E-state index contributed by atoms with van der Waals surface area (Å²) in [6.07, 6.45) is 0. The van der Waals surface area contributed by atoms with Gasteiger partial charge in [-0.2, -0.15) is 0 Å². The molecule has 0 aromatic heterocycles. The molecular weight excluding hydrogens is 147 g/mol. The van der Waals surface area contributed by atoms with Crippen molar-refractivity contribution in [1.82, 2.24) is 0 Å². The zero-order valence-corrected chi connectivity index (χ0v) is 5.84. The summed E-state index contributed by atoms with van der Waals surface area (Å²) in [6, 6.07) is 0. The average molecular weight is 155 g/mol. The van der Waals surface area contributed by atoms with Crippen LogP contribution in [0.4, 0.5) is 0 Å². The summed E-state index contributed by atoms with van der Waals surface area (Å²) in [4.78, 5) is 10.2. The molecule has 0 spiro atoms. The minimum Gasteiger partial charge on any atom is -0.756 e. The first-order valence-electron chi connectivity index (χ1n) is 2.24. The van der Waals surface area contributed by atoms with E-state index in [1.54, 1.807) is 0 Å². The molecule has 0 radical (unpaired) electrons. The van der Waals surface area contributed by atoms with Crippen molar-refractivity contribution in [1.29, 1.82) is 0 Å². The van der Waals surface area contributed by atoms with Crippen molar-refractivity contribution in [3.05, 3.63) is 0 Å². The quantitative estimate of drug-likeness (QED) is 0.532. The number of rotatable bonds is 4. The Bertz CT molecular complexity index is 113. The minimum absolute atomic E-state index is 0.255. The molecule has 1 N–H and O–H groups in total. The summed E-state index contributed by atoms with van der Waals surface area (Å²) >= 11 is 0. The van der Waals surface area contributed by atoms with Gasteiger partial charge >= 0.3 is 0 Å². The monoisotopic (exact) mass is 155 g/mol. The lowest BCUT2D eigenvalue weighted by molar-refractivity contribution is -0.223. The van der Waals surface area contributed by atoms with Crippen LogP contribution in [0.1, 0.15) is 0 Å². The fourth-order valence-electron chi connectivity index (χ4n) is 0.205. The van der Waals surface area contributed by atoms with Crippen molar-refractivity contribution < 1.29 is 23.6 Å². The van der Waals surface area contributed by atoms with Gasteiger partial charge in [-0.05, 0) is 0 Å². The van der Waals surface area contributed by atoms with E-state index in [0.717, 1.165) is 7.11 Å². The zero-order valence-electron chi connectivity index (χ0n) is 4.94. The number of phosphoric ester groups is 1. The molecule has 0 amide bonds. The lowest BCUT2D eigenvalue weighted by atomic mass is 10.8. The molecule has 0 aromatic carbocycles. The van der Waals surface area contributed by atoms with Crippen molar-refractivity contribution in [2.45, 2.75) is 0 Å². The highest BCUT2D eigenvalue weighted by Gasteiger charge is 2.03. The summed E-state index contributed by atoms with van der Waals surface area (Å²) in [5.74, 6) is 0. The normalized spacial score (nSPS) is 17.2. The molecule has 9 heavy (non-hydrogen) atoms. The number of phosphoric acid groups is 1. The van der Waals surface area contributed by atoms with Gasteiger partial charge in [0.15, 0.2) is 0 Å². The second-order valence-electron chi connectivity index (χ2n) is 1.19. The van der Waals surface area contributed by atoms with Gasteiger partial charge in [-0.25, -0.2) is 0 Å².